The molecule has 0 radical (unpaired) electrons. The molecule has 0 spiro atoms. The predicted octanol–water partition coefficient (Wildman–Crippen LogP) is 13.0. The molecule has 4 nitrogen and oxygen atoms in total. The molecule has 240 valence electrons. The minimum atomic E-state index is 0.641. The Labute approximate surface area is 297 Å². The largest absolute Gasteiger partial charge is 0.455 e. The summed E-state index contributed by atoms with van der Waals surface area (Å²) >= 11 is 7.75. The van der Waals surface area contributed by atoms with Gasteiger partial charge in [0, 0.05) is 21.5 Å². The van der Waals surface area contributed by atoms with E-state index in [-0.39, 0.29) is 0 Å². The molecule has 3 heterocycles. The van der Waals surface area contributed by atoms with Crippen molar-refractivity contribution in [1.29, 1.82) is 0 Å². The average molecular weight is 674 g/mol. The zero-order valence-corrected chi connectivity index (χ0v) is 28.3. The Morgan fingerprint density at radius 2 is 1.12 bits per heavy atom. The first kappa shape index (κ1) is 28.5. The van der Waals surface area contributed by atoms with Crippen LogP contribution in [-0.2, 0) is 0 Å². The van der Waals surface area contributed by atoms with E-state index in [0.717, 1.165) is 72.3 Å². The maximum atomic E-state index is 7.75. The second-order valence-electron chi connectivity index (χ2n) is 13.4. The van der Waals surface area contributed by atoms with Crippen LogP contribution in [0.5, 0.6) is 0 Å². The third kappa shape index (κ3) is 3.99. The minimum Gasteiger partial charge on any atom is -0.455 e. The van der Waals surface area contributed by atoms with Crippen molar-refractivity contribution in [3.05, 3.63) is 162 Å². The highest BCUT2D eigenvalue weighted by Gasteiger charge is 2.24. The Morgan fingerprint density at radius 1 is 0.529 bits per heavy atom. The molecular formula is C46H28ClN3O. The molecule has 0 fully saturated rings. The molecule has 0 unspecified atom stereocenters. The predicted molar refractivity (Wildman–Crippen MR) is 213 cm³/mol. The van der Waals surface area contributed by atoms with Gasteiger partial charge in [-0.15, -0.1) is 0 Å². The normalized spacial score (nSPS) is 12.1. The van der Waals surface area contributed by atoms with Gasteiger partial charge < -0.3 is 8.98 Å². The zero-order valence-electron chi connectivity index (χ0n) is 27.6. The first-order valence-electron chi connectivity index (χ1n) is 17.2. The van der Waals surface area contributed by atoms with Crippen molar-refractivity contribution < 1.29 is 4.42 Å². The first-order valence-corrected chi connectivity index (χ1v) is 17.5. The third-order valence-corrected chi connectivity index (χ3v) is 10.8. The van der Waals surface area contributed by atoms with E-state index in [1.807, 2.05) is 24.3 Å². The van der Waals surface area contributed by atoms with Gasteiger partial charge in [-0.1, -0.05) is 115 Å². The molecule has 0 atom stereocenters. The molecule has 0 aliphatic carbocycles. The van der Waals surface area contributed by atoms with Crippen molar-refractivity contribution in [2.75, 3.05) is 0 Å². The monoisotopic (exact) mass is 673 g/mol. The topological polar surface area (TPSA) is 35.9 Å². The number of nitrogens with zero attached hydrogens (tertiary/aromatic N) is 3. The highest BCUT2D eigenvalue weighted by Crippen LogP contribution is 2.44. The quantitative estimate of drug-likeness (QED) is 0.187. The van der Waals surface area contributed by atoms with Crippen molar-refractivity contribution in [2.24, 2.45) is 0 Å². The fraction of sp³-hybridized carbons (Fsp3) is 0.0217. The summed E-state index contributed by atoms with van der Waals surface area (Å²) in [5, 5.41) is 10.1. The maximum absolute atomic E-state index is 7.75. The molecule has 11 rings (SSSR count). The summed E-state index contributed by atoms with van der Waals surface area (Å²) in [7, 11) is 0. The van der Waals surface area contributed by atoms with E-state index in [4.69, 9.17) is 21.0 Å². The number of imidazole rings is 1. The van der Waals surface area contributed by atoms with Crippen LogP contribution in [0.15, 0.2) is 156 Å². The summed E-state index contributed by atoms with van der Waals surface area (Å²) in [6, 6.07) is 53.3. The van der Waals surface area contributed by atoms with Crippen LogP contribution in [-0.4, -0.2) is 14.1 Å². The summed E-state index contributed by atoms with van der Waals surface area (Å²) < 4.78 is 11.1. The Kier molecular flexibility index (Phi) is 5.90. The lowest BCUT2D eigenvalue weighted by Crippen LogP contribution is -2.04. The van der Waals surface area contributed by atoms with Crippen molar-refractivity contribution in [2.45, 2.75) is 6.92 Å². The van der Waals surface area contributed by atoms with Gasteiger partial charge in [-0.2, -0.15) is 0 Å². The number of para-hydroxylation sites is 4. The summed E-state index contributed by atoms with van der Waals surface area (Å²) in [5.74, 6) is 0.776. The lowest BCUT2D eigenvalue weighted by Gasteiger charge is -2.18. The minimum absolute atomic E-state index is 0.641. The van der Waals surface area contributed by atoms with Gasteiger partial charge in [-0.25, -0.2) is 4.98 Å². The van der Waals surface area contributed by atoms with Crippen LogP contribution in [0.2, 0.25) is 5.02 Å². The summed E-state index contributed by atoms with van der Waals surface area (Å²) in [5.41, 5.74) is 9.52. The molecule has 5 heteroatoms. The number of aromatic nitrogens is 3. The van der Waals surface area contributed by atoms with Gasteiger partial charge >= 0.3 is 0 Å². The van der Waals surface area contributed by atoms with Crippen LogP contribution in [0.4, 0.5) is 0 Å². The van der Waals surface area contributed by atoms with Gasteiger partial charge in [-0.05, 0) is 82.6 Å². The number of benzene rings is 8. The highest BCUT2D eigenvalue weighted by atomic mass is 35.5. The Morgan fingerprint density at radius 3 is 1.84 bits per heavy atom. The number of furan rings is 1. The van der Waals surface area contributed by atoms with Crippen molar-refractivity contribution >= 4 is 87.9 Å². The van der Waals surface area contributed by atoms with Gasteiger partial charge in [0.15, 0.2) is 0 Å². The van der Waals surface area contributed by atoms with E-state index in [2.05, 4.69) is 143 Å². The molecule has 0 amide bonds. The second-order valence-corrected chi connectivity index (χ2v) is 13.7. The van der Waals surface area contributed by atoms with Gasteiger partial charge in [0.25, 0.3) is 0 Å². The molecule has 0 saturated heterocycles. The average Bonchev–Trinajstić information content (AvgIpc) is 3.85. The summed E-state index contributed by atoms with van der Waals surface area (Å²) in [6.07, 6.45) is 0. The number of hydrogen-bond acceptors (Lipinski definition) is 2. The zero-order chi connectivity index (χ0) is 33.8. The second kappa shape index (κ2) is 10.6. The SMILES string of the molecule is Cc1cc(-n2c(-c3cccc4c3oc3ccccc34)nc3ccccc32)c(Cl)c(-n2c3ccc4ccccc4c3c3c4ccccc4ccc32)c1. The molecule has 8 aromatic carbocycles. The summed E-state index contributed by atoms with van der Waals surface area (Å²) in [6.45, 7) is 2.14. The smallest absolute Gasteiger partial charge is 0.149 e. The lowest BCUT2D eigenvalue weighted by atomic mass is 10.00. The number of fused-ring (bicyclic) bond motifs is 11. The fourth-order valence-electron chi connectivity index (χ4n) is 8.24. The molecule has 3 aromatic heterocycles. The van der Waals surface area contributed by atoms with E-state index in [9.17, 15) is 0 Å². The van der Waals surface area contributed by atoms with E-state index >= 15 is 0 Å². The van der Waals surface area contributed by atoms with Gasteiger partial charge in [0.1, 0.15) is 17.0 Å². The number of aryl methyl sites for hydroxylation is 1. The molecule has 0 N–H and O–H groups in total. The van der Waals surface area contributed by atoms with Gasteiger partial charge in [0.05, 0.1) is 44.0 Å². The van der Waals surface area contributed by atoms with Crippen molar-refractivity contribution in [1.82, 2.24) is 14.1 Å². The van der Waals surface area contributed by atoms with Crippen LogP contribution in [0.25, 0.3) is 99.1 Å². The molecule has 0 aliphatic heterocycles. The standard InChI is InChI=1S/C46H28ClN3O/c1-27-25-39(49-37-23-21-28-11-2-4-13-30(28)42(37)43-31-14-5-3-12-29(31)22-24-38(43)49)44(47)40(26-27)50-36-19-8-7-18-35(36)48-46(50)34-17-10-16-33-32-15-6-9-20-41(32)51-45(33)34/h2-26H,1H3. The highest BCUT2D eigenvalue weighted by molar-refractivity contribution is 6.35. The Bertz CT molecular complexity index is 3140. The number of hydrogen-bond donors (Lipinski definition) is 0. The van der Waals surface area contributed by atoms with E-state index < -0.39 is 0 Å². The van der Waals surface area contributed by atoms with Crippen molar-refractivity contribution in [3.63, 3.8) is 0 Å². The number of rotatable bonds is 3. The van der Waals surface area contributed by atoms with Crippen LogP contribution in [0.3, 0.4) is 0 Å². The van der Waals surface area contributed by atoms with Crippen molar-refractivity contribution in [3.8, 4) is 22.8 Å². The molecule has 11 aromatic rings. The van der Waals surface area contributed by atoms with Gasteiger partial charge in [-0.3, -0.25) is 4.57 Å². The van der Waals surface area contributed by atoms with Crippen LogP contribution < -0.4 is 0 Å². The molecule has 0 saturated carbocycles. The first-order chi connectivity index (χ1) is 25.1. The van der Waals surface area contributed by atoms with Crippen LogP contribution in [0, 0.1) is 6.92 Å². The van der Waals surface area contributed by atoms with Crippen LogP contribution in [0.1, 0.15) is 5.56 Å². The van der Waals surface area contributed by atoms with E-state index in [0.29, 0.717) is 5.02 Å². The van der Waals surface area contributed by atoms with E-state index in [1.54, 1.807) is 0 Å². The third-order valence-electron chi connectivity index (χ3n) is 10.4. The fourth-order valence-corrected chi connectivity index (χ4v) is 8.52. The lowest BCUT2D eigenvalue weighted by molar-refractivity contribution is 0.669. The molecular weight excluding hydrogens is 646 g/mol. The summed E-state index contributed by atoms with van der Waals surface area (Å²) in [4.78, 5) is 5.25. The Hall–Kier alpha value is -6.36. The Balaban J connectivity index is 1.25. The molecule has 51 heavy (non-hydrogen) atoms. The molecule has 0 aliphatic rings. The molecule has 0 bridgehead atoms. The maximum Gasteiger partial charge on any atom is 0.149 e. The van der Waals surface area contributed by atoms with Crippen LogP contribution >= 0.6 is 11.6 Å². The van der Waals surface area contributed by atoms with Gasteiger partial charge in [0.2, 0.25) is 0 Å². The number of halogens is 1. The van der Waals surface area contributed by atoms with E-state index in [1.165, 1.54) is 32.3 Å².